The van der Waals surface area contributed by atoms with Gasteiger partial charge in [0.15, 0.2) is 0 Å². The van der Waals surface area contributed by atoms with Crippen molar-refractivity contribution in [3.63, 3.8) is 0 Å². The van der Waals surface area contributed by atoms with Crippen LogP contribution in [0.3, 0.4) is 0 Å². The molecule has 2 radical (unpaired) electrons. The average molecular weight is 403 g/mol. The van der Waals surface area contributed by atoms with Gasteiger partial charge in [0, 0.05) is 0 Å². The van der Waals surface area contributed by atoms with Gasteiger partial charge in [-0.1, -0.05) is 92.2 Å². The third kappa shape index (κ3) is 12.1. The Hall–Kier alpha value is 0.272. The molecule has 0 aromatic carbocycles. The number of hydrogen-bond donors (Lipinski definition) is 0. The van der Waals surface area contributed by atoms with Gasteiger partial charge in [-0.05, 0) is 74.5 Å². The second kappa shape index (κ2) is 11.6. The van der Waals surface area contributed by atoms with E-state index in [-0.39, 0.29) is 0 Å². The molecule has 0 saturated carbocycles. The van der Waals surface area contributed by atoms with Gasteiger partial charge in [-0.2, -0.15) is 0 Å². The van der Waals surface area contributed by atoms with Crippen LogP contribution < -0.4 is 0 Å². The molecular formula is C27H51Al. The molecule has 0 N–H and O–H groups in total. The minimum Gasteiger partial charge on any atom is -0.102 e. The van der Waals surface area contributed by atoms with Crippen LogP contribution in [-0.4, -0.2) is 16.3 Å². The van der Waals surface area contributed by atoms with E-state index in [0.717, 1.165) is 11.8 Å². The van der Waals surface area contributed by atoms with Gasteiger partial charge in [-0.25, -0.2) is 0 Å². The molecule has 1 aliphatic carbocycles. The topological polar surface area (TPSA) is 0 Å². The Kier molecular flexibility index (Phi) is 10.9. The van der Waals surface area contributed by atoms with Crippen LogP contribution in [0.4, 0.5) is 0 Å². The van der Waals surface area contributed by atoms with Crippen molar-refractivity contribution in [2.45, 2.75) is 137 Å². The highest BCUT2D eigenvalue weighted by atomic mass is 27.0. The van der Waals surface area contributed by atoms with Crippen LogP contribution in [0.5, 0.6) is 0 Å². The normalized spacial score (nSPS) is 20.1. The fraction of sp³-hybridized carbons (Fsp3) is 0.926. The van der Waals surface area contributed by atoms with E-state index in [0.29, 0.717) is 15.1 Å². The summed E-state index contributed by atoms with van der Waals surface area (Å²) in [6, 6.07) is 0. The van der Waals surface area contributed by atoms with Gasteiger partial charge in [-0.3, -0.25) is 0 Å². The molecule has 0 heterocycles. The summed E-state index contributed by atoms with van der Waals surface area (Å²) < 4.78 is 0.402. The van der Waals surface area contributed by atoms with Crippen molar-refractivity contribution < 1.29 is 0 Å². The van der Waals surface area contributed by atoms with Gasteiger partial charge >= 0.3 is 0 Å². The third-order valence-corrected chi connectivity index (χ3v) is 7.69. The first-order chi connectivity index (χ1) is 12.8. The van der Waals surface area contributed by atoms with E-state index in [9.17, 15) is 0 Å². The second-order valence-corrected chi connectivity index (χ2v) is 14.0. The van der Waals surface area contributed by atoms with Crippen molar-refractivity contribution in [2.75, 3.05) is 0 Å². The van der Waals surface area contributed by atoms with Gasteiger partial charge in [-0.15, -0.1) is 4.28 Å². The third-order valence-electron chi connectivity index (χ3n) is 7.40. The smallest absolute Gasteiger partial charge is 0.102 e. The lowest BCUT2D eigenvalue weighted by molar-refractivity contribution is 0.205. The number of hydrogen-bond acceptors (Lipinski definition) is 0. The zero-order chi connectivity index (χ0) is 21.4. The van der Waals surface area contributed by atoms with Crippen LogP contribution >= 0.6 is 0 Å². The maximum atomic E-state index is 3.00. The van der Waals surface area contributed by atoms with Crippen molar-refractivity contribution in [3.8, 4) is 0 Å². The summed E-state index contributed by atoms with van der Waals surface area (Å²) in [5.74, 6) is 1.86. The number of allylic oxidation sites excluding steroid dienone is 2. The molecule has 0 aromatic rings. The minimum absolute atomic E-state index is 0.402. The van der Waals surface area contributed by atoms with E-state index >= 15 is 0 Å². The van der Waals surface area contributed by atoms with Crippen LogP contribution in [0.2, 0.25) is 4.28 Å². The zero-order valence-corrected chi connectivity index (χ0v) is 21.9. The number of unbranched alkanes of at least 4 members (excludes halogenated alkanes) is 1. The molecule has 0 bridgehead atoms. The Morgan fingerprint density at radius 3 is 1.96 bits per heavy atom. The second-order valence-electron chi connectivity index (χ2n) is 12.5. The summed E-state index contributed by atoms with van der Waals surface area (Å²) in [5.41, 5.74) is 2.62. The molecule has 28 heavy (non-hydrogen) atoms. The van der Waals surface area contributed by atoms with Crippen LogP contribution in [0, 0.1) is 22.7 Å². The summed E-state index contributed by atoms with van der Waals surface area (Å²) >= 11 is 3.00. The fourth-order valence-corrected chi connectivity index (χ4v) is 4.96. The molecular weight excluding hydrogens is 351 g/mol. The van der Waals surface area contributed by atoms with Gasteiger partial charge in [0.1, 0.15) is 16.3 Å². The molecule has 0 fully saturated rings. The van der Waals surface area contributed by atoms with Crippen LogP contribution in [-0.2, 0) is 0 Å². The molecule has 0 nitrogen and oxygen atoms in total. The standard InChI is InChI=1S/C27H51.Al/c1-22(2)12-11-19-27(7,8)21-20-26(5,6)18-10-9-13-24(4)25-16-14-23(3)15-17-25;/h14,24-25H,9-13,15-21H2,1-8H3;. The summed E-state index contributed by atoms with van der Waals surface area (Å²) in [7, 11) is 0. The average Bonchev–Trinajstić information content (AvgIpc) is 2.56. The molecule has 0 saturated heterocycles. The van der Waals surface area contributed by atoms with Crippen LogP contribution in [0.15, 0.2) is 11.6 Å². The Morgan fingerprint density at radius 2 is 1.46 bits per heavy atom. The van der Waals surface area contributed by atoms with Crippen LogP contribution in [0.1, 0.15) is 132 Å². The van der Waals surface area contributed by atoms with E-state index in [1.807, 2.05) is 0 Å². The van der Waals surface area contributed by atoms with E-state index in [2.05, 4.69) is 77.8 Å². The van der Waals surface area contributed by atoms with E-state index in [1.165, 1.54) is 77.0 Å². The van der Waals surface area contributed by atoms with Crippen LogP contribution in [0.25, 0.3) is 0 Å². The van der Waals surface area contributed by atoms with E-state index in [4.69, 9.17) is 0 Å². The lowest BCUT2D eigenvalue weighted by Crippen LogP contribution is -2.19. The molecule has 0 spiro atoms. The molecule has 0 aliphatic heterocycles. The monoisotopic (exact) mass is 402 g/mol. The molecule has 0 amide bonds. The quantitative estimate of drug-likeness (QED) is 0.163. The molecule has 1 heteroatoms. The van der Waals surface area contributed by atoms with Gasteiger partial charge in [0.25, 0.3) is 0 Å². The van der Waals surface area contributed by atoms with Crippen molar-refractivity contribution in [2.24, 2.45) is 22.7 Å². The predicted molar refractivity (Wildman–Crippen MR) is 129 cm³/mol. The summed E-state index contributed by atoms with van der Waals surface area (Å²) in [6.07, 6.45) is 19.1. The Labute approximate surface area is 187 Å². The summed E-state index contributed by atoms with van der Waals surface area (Å²) in [5, 5.41) is 0. The van der Waals surface area contributed by atoms with Crippen molar-refractivity contribution in [1.82, 2.24) is 0 Å². The Bertz CT molecular complexity index is 463. The highest BCUT2D eigenvalue weighted by Crippen LogP contribution is 2.39. The first-order valence-corrected chi connectivity index (χ1v) is 12.8. The van der Waals surface area contributed by atoms with Gasteiger partial charge in [0.05, 0.1) is 0 Å². The molecule has 162 valence electrons. The molecule has 2 atom stereocenters. The van der Waals surface area contributed by atoms with Crippen molar-refractivity contribution >= 4 is 16.3 Å². The minimum atomic E-state index is 0.402. The summed E-state index contributed by atoms with van der Waals surface area (Å²) in [4.78, 5) is 0. The summed E-state index contributed by atoms with van der Waals surface area (Å²) in [6.45, 7) is 19.5. The predicted octanol–water partition coefficient (Wildman–Crippen LogP) is 9.30. The highest BCUT2D eigenvalue weighted by Gasteiger charge is 2.25. The Morgan fingerprint density at radius 1 is 0.893 bits per heavy atom. The SMILES string of the molecule is CC1=CCC(C(C)CCCCC(C)(C)CCC(C)(C)CCC[C](C)(C)[Al])CC1. The molecule has 1 rings (SSSR count). The van der Waals surface area contributed by atoms with E-state index < -0.39 is 0 Å². The first-order valence-electron chi connectivity index (χ1n) is 12.2. The van der Waals surface area contributed by atoms with Gasteiger partial charge < -0.3 is 0 Å². The zero-order valence-electron chi connectivity index (χ0n) is 20.8. The fourth-order valence-electron chi connectivity index (χ4n) is 4.76. The lowest BCUT2D eigenvalue weighted by Gasteiger charge is -2.32. The maximum Gasteiger partial charge on any atom is 0.128 e. The first kappa shape index (κ1) is 26.3. The van der Waals surface area contributed by atoms with Crippen molar-refractivity contribution in [3.05, 3.63) is 11.6 Å². The molecule has 0 aromatic heterocycles. The highest BCUT2D eigenvalue weighted by molar-refractivity contribution is 6.14. The Balaban J connectivity index is 2.22. The van der Waals surface area contributed by atoms with E-state index in [1.54, 1.807) is 5.57 Å². The maximum absolute atomic E-state index is 3.00. The molecule has 2 unspecified atom stereocenters. The molecule has 1 aliphatic rings. The lowest BCUT2D eigenvalue weighted by atomic mass is 9.74. The number of rotatable bonds is 13. The van der Waals surface area contributed by atoms with Crippen molar-refractivity contribution in [1.29, 1.82) is 0 Å². The largest absolute Gasteiger partial charge is 0.128 e. The van der Waals surface area contributed by atoms with Gasteiger partial charge in [0.2, 0.25) is 0 Å².